The van der Waals surface area contributed by atoms with Gasteiger partial charge in [0, 0.05) is 18.4 Å². The summed E-state index contributed by atoms with van der Waals surface area (Å²) in [5, 5.41) is 21.2. The van der Waals surface area contributed by atoms with Gasteiger partial charge in [0.05, 0.1) is 25.9 Å². The molecule has 1 aromatic carbocycles. The molecule has 2 aliphatic heterocycles. The van der Waals surface area contributed by atoms with E-state index in [1.165, 1.54) is 0 Å². The summed E-state index contributed by atoms with van der Waals surface area (Å²) in [6.07, 6.45) is 3.93. The van der Waals surface area contributed by atoms with E-state index in [0.717, 1.165) is 17.7 Å². The van der Waals surface area contributed by atoms with Crippen LogP contribution in [0.2, 0.25) is 0 Å². The van der Waals surface area contributed by atoms with Gasteiger partial charge in [0.25, 0.3) is 0 Å². The van der Waals surface area contributed by atoms with Crippen LogP contribution in [0.15, 0.2) is 36.4 Å². The summed E-state index contributed by atoms with van der Waals surface area (Å²) in [7, 11) is 1.65. The number of aliphatic hydroxyl groups is 2. The Balaban J connectivity index is 1.54. The standard InChI is InChI=1S/C23H32O6/c1-14(12-24)23-10-9-22(3,28-29-23)18-11-19(15(2)20(18)21(23)25)27-13-16-5-7-17(26-4)8-6-16/h5-10,14-15,18-21,24-25H,11-13H2,1-4H3/t14-,15-,18-,19-,20+,21+,22-,23-/m0/s1. The number of aliphatic hydroxyl groups excluding tert-OH is 2. The Morgan fingerprint density at radius 1 is 1.21 bits per heavy atom. The topological polar surface area (TPSA) is 77.4 Å². The number of ether oxygens (including phenoxy) is 2. The predicted octanol–water partition coefficient (Wildman–Crippen LogP) is 2.87. The van der Waals surface area contributed by atoms with Crippen LogP contribution in [0.25, 0.3) is 0 Å². The van der Waals surface area contributed by atoms with E-state index >= 15 is 0 Å². The second-order valence-corrected chi connectivity index (χ2v) is 9.04. The first kappa shape index (κ1) is 20.8. The smallest absolute Gasteiger partial charge is 0.152 e. The summed E-state index contributed by atoms with van der Waals surface area (Å²) in [5.74, 6) is 0.684. The summed E-state index contributed by atoms with van der Waals surface area (Å²) >= 11 is 0. The van der Waals surface area contributed by atoms with Crippen LogP contribution in [0.5, 0.6) is 5.75 Å². The second kappa shape index (κ2) is 7.67. The van der Waals surface area contributed by atoms with Gasteiger partial charge >= 0.3 is 0 Å². The van der Waals surface area contributed by atoms with Crippen LogP contribution in [-0.4, -0.2) is 47.3 Å². The SMILES string of the molecule is COc1ccc(CO[C@H]2C[C@H]3[C@@H]([C@H]2C)[C@@H](O)[C@@]2([C@@H](C)CO)C=C[C@]3(C)OO2)cc1. The highest BCUT2D eigenvalue weighted by molar-refractivity contribution is 5.27. The molecule has 2 heterocycles. The van der Waals surface area contributed by atoms with Crippen molar-refractivity contribution in [2.45, 2.75) is 57.2 Å². The molecule has 6 heteroatoms. The number of hydrogen-bond acceptors (Lipinski definition) is 6. The molecule has 1 aromatic rings. The van der Waals surface area contributed by atoms with Crippen molar-refractivity contribution in [2.75, 3.05) is 13.7 Å². The van der Waals surface area contributed by atoms with Crippen LogP contribution in [0.1, 0.15) is 32.8 Å². The van der Waals surface area contributed by atoms with Crippen molar-refractivity contribution in [3.05, 3.63) is 42.0 Å². The maximum Gasteiger partial charge on any atom is 0.152 e. The summed E-state index contributed by atoms with van der Waals surface area (Å²) in [6.45, 7) is 6.43. The first-order chi connectivity index (χ1) is 13.8. The molecule has 4 aliphatic rings. The predicted molar refractivity (Wildman–Crippen MR) is 107 cm³/mol. The van der Waals surface area contributed by atoms with Gasteiger partial charge in [0.2, 0.25) is 0 Å². The van der Waals surface area contributed by atoms with Crippen molar-refractivity contribution in [1.29, 1.82) is 0 Å². The Labute approximate surface area is 172 Å². The van der Waals surface area contributed by atoms with E-state index in [1.807, 2.05) is 50.3 Å². The number of hydrogen-bond donors (Lipinski definition) is 2. The minimum absolute atomic E-state index is 0.0106. The van der Waals surface area contributed by atoms with Gasteiger partial charge in [-0.3, -0.25) is 0 Å². The van der Waals surface area contributed by atoms with E-state index in [4.69, 9.17) is 19.2 Å². The van der Waals surface area contributed by atoms with Crippen molar-refractivity contribution in [2.24, 2.45) is 23.7 Å². The fourth-order valence-corrected chi connectivity index (χ4v) is 5.33. The molecular formula is C23H32O6. The zero-order valence-corrected chi connectivity index (χ0v) is 17.6. The highest BCUT2D eigenvalue weighted by atomic mass is 17.2. The summed E-state index contributed by atoms with van der Waals surface area (Å²) in [5.41, 5.74) is -0.566. The molecule has 5 rings (SSSR count). The Hall–Kier alpha value is -1.44. The summed E-state index contributed by atoms with van der Waals surface area (Å²) < 4.78 is 11.5. The average Bonchev–Trinajstić information content (AvgIpc) is 3.01. The normalized spacial score (nSPS) is 41.8. The van der Waals surface area contributed by atoms with E-state index in [1.54, 1.807) is 7.11 Å². The molecule has 160 valence electrons. The molecule has 0 unspecified atom stereocenters. The molecule has 2 aliphatic carbocycles. The Bertz CT molecular complexity index is 748. The minimum atomic E-state index is -1.03. The summed E-state index contributed by atoms with van der Waals surface area (Å²) in [6, 6.07) is 7.87. The average molecular weight is 405 g/mol. The van der Waals surface area contributed by atoms with Crippen LogP contribution >= 0.6 is 0 Å². The Kier molecular flexibility index (Phi) is 5.51. The third-order valence-corrected chi connectivity index (χ3v) is 7.42. The largest absolute Gasteiger partial charge is 0.497 e. The molecule has 6 nitrogen and oxygen atoms in total. The van der Waals surface area contributed by atoms with Crippen LogP contribution in [0, 0.1) is 23.7 Å². The van der Waals surface area contributed by atoms with Gasteiger partial charge in [-0.2, -0.15) is 0 Å². The molecule has 2 bridgehead atoms. The van der Waals surface area contributed by atoms with Gasteiger partial charge in [-0.05, 0) is 49.0 Å². The fraction of sp³-hybridized carbons (Fsp3) is 0.652. The van der Waals surface area contributed by atoms with Crippen LogP contribution in [0.3, 0.4) is 0 Å². The summed E-state index contributed by atoms with van der Waals surface area (Å²) in [4.78, 5) is 11.6. The Morgan fingerprint density at radius 3 is 2.52 bits per heavy atom. The molecule has 0 radical (unpaired) electrons. The van der Waals surface area contributed by atoms with Gasteiger partial charge in [-0.1, -0.05) is 32.1 Å². The number of methoxy groups -OCH3 is 1. The molecule has 0 aromatic heterocycles. The lowest BCUT2D eigenvalue weighted by Gasteiger charge is -2.42. The number of benzene rings is 1. The lowest BCUT2D eigenvalue weighted by atomic mass is 9.72. The van der Waals surface area contributed by atoms with Crippen molar-refractivity contribution >= 4 is 0 Å². The van der Waals surface area contributed by atoms with Gasteiger partial charge in [0.1, 0.15) is 11.4 Å². The van der Waals surface area contributed by atoms with Crippen LogP contribution in [0.4, 0.5) is 0 Å². The maximum absolute atomic E-state index is 11.4. The van der Waals surface area contributed by atoms with E-state index in [-0.39, 0.29) is 36.4 Å². The third-order valence-electron chi connectivity index (χ3n) is 7.42. The van der Waals surface area contributed by atoms with Crippen LogP contribution in [-0.2, 0) is 21.1 Å². The van der Waals surface area contributed by atoms with Crippen molar-refractivity contribution < 1.29 is 29.5 Å². The zero-order valence-electron chi connectivity index (χ0n) is 17.6. The number of fused-ring (bicyclic) bond motifs is 1. The van der Waals surface area contributed by atoms with Crippen molar-refractivity contribution in [1.82, 2.24) is 0 Å². The molecule has 0 spiro atoms. The van der Waals surface area contributed by atoms with Gasteiger partial charge in [0.15, 0.2) is 5.60 Å². The van der Waals surface area contributed by atoms with Gasteiger partial charge in [-0.15, -0.1) is 0 Å². The molecule has 0 amide bonds. The Morgan fingerprint density at radius 2 is 1.93 bits per heavy atom. The van der Waals surface area contributed by atoms with E-state index < -0.39 is 17.3 Å². The number of rotatable bonds is 6. The molecule has 2 fully saturated rings. The molecular weight excluding hydrogens is 372 g/mol. The van der Waals surface area contributed by atoms with Gasteiger partial charge in [-0.25, -0.2) is 9.78 Å². The quantitative estimate of drug-likeness (QED) is 0.561. The molecule has 1 saturated carbocycles. The monoisotopic (exact) mass is 404 g/mol. The fourth-order valence-electron chi connectivity index (χ4n) is 5.33. The minimum Gasteiger partial charge on any atom is -0.497 e. The second-order valence-electron chi connectivity index (χ2n) is 9.04. The van der Waals surface area contributed by atoms with Crippen molar-refractivity contribution in [3.63, 3.8) is 0 Å². The first-order valence-corrected chi connectivity index (χ1v) is 10.5. The van der Waals surface area contributed by atoms with E-state index in [2.05, 4.69) is 6.92 Å². The van der Waals surface area contributed by atoms with Crippen LogP contribution < -0.4 is 4.74 Å². The highest BCUT2D eigenvalue weighted by Crippen LogP contribution is 2.56. The van der Waals surface area contributed by atoms with E-state index in [0.29, 0.717) is 6.61 Å². The molecule has 1 saturated heterocycles. The van der Waals surface area contributed by atoms with Crippen molar-refractivity contribution in [3.8, 4) is 5.75 Å². The first-order valence-electron chi connectivity index (χ1n) is 10.5. The maximum atomic E-state index is 11.4. The van der Waals surface area contributed by atoms with E-state index in [9.17, 15) is 10.2 Å². The highest BCUT2D eigenvalue weighted by Gasteiger charge is 2.63. The van der Waals surface area contributed by atoms with Gasteiger partial charge < -0.3 is 19.7 Å². The molecule has 29 heavy (non-hydrogen) atoms. The molecule has 8 atom stereocenters. The third kappa shape index (κ3) is 3.31. The molecule has 2 N–H and O–H groups in total. The lowest BCUT2D eigenvalue weighted by molar-refractivity contribution is -0.414. The lowest BCUT2D eigenvalue weighted by Crippen LogP contribution is -2.53. The zero-order chi connectivity index (χ0) is 20.8.